The van der Waals surface area contributed by atoms with E-state index in [1.807, 2.05) is 12.1 Å². The van der Waals surface area contributed by atoms with E-state index in [4.69, 9.17) is 15.3 Å². The summed E-state index contributed by atoms with van der Waals surface area (Å²) in [5.74, 6) is -4.92. The quantitative estimate of drug-likeness (QED) is 0.0364. The molecular formula is C36H35N9O12S2. The van der Waals surface area contributed by atoms with E-state index in [0.717, 1.165) is 29.5 Å². The van der Waals surface area contributed by atoms with Crippen molar-refractivity contribution in [3.63, 3.8) is 0 Å². The van der Waals surface area contributed by atoms with E-state index < -0.39 is 94.0 Å². The molecule has 1 atom stereocenters. The number of nitrogen functional groups attached to an aromatic ring is 1. The summed E-state index contributed by atoms with van der Waals surface area (Å²) in [7, 11) is -4.91. The van der Waals surface area contributed by atoms with Gasteiger partial charge in [0.2, 0.25) is 5.60 Å². The molecule has 4 aromatic rings. The highest BCUT2D eigenvalue weighted by molar-refractivity contribution is 7.88. The van der Waals surface area contributed by atoms with Gasteiger partial charge in [-0.05, 0) is 43.2 Å². The molecule has 7 N–H and O–H groups in total. The predicted molar refractivity (Wildman–Crippen MR) is 206 cm³/mol. The molecule has 3 aromatic carbocycles. The lowest BCUT2D eigenvalue weighted by atomic mass is 10.0. The van der Waals surface area contributed by atoms with E-state index in [0.29, 0.717) is 21.0 Å². The maximum Gasteiger partial charge on any atom is 0.353 e. The molecule has 0 saturated carbocycles. The minimum Gasteiger partial charge on any atom is -0.504 e. The van der Waals surface area contributed by atoms with Gasteiger partial charge >= 0.3 is 28.2 Å². The molecule has 0 radical (unpaired) electrons. The fraction of sp³-hybridized carbons (Fsp3) is 0.222. The summed E-state index contributed by atoms with van der Waals surface area (Å²) in [5, 5.41) is 27.4. The number of hydrogen-bond acceptors (Lipinski definition) is 16. The van der Waals surface area contributed by atoms with Crippen LogP contribution in [0.5, 0.6) is 11.5 Å². The number of β-lactam (4-membered cyclic amide) rings is 1. The van der Waals surface area contributed by atoms with Crippen LogP contribution in [-0.2, 0) is 34.2 Å². The lowest BCUT2D eigenvalue weighted by Crippen LogP contribution is -2.68. The van der Waals surface area contributed by atoms with Gasteiger partial charge in [0.05, 0.1) is 19.6 Å². The zero-order chi connectivity index (χ0) is 42.6. The van der Waals surface area contributed by atoms with Gasteiger partial charge < -0.3 is 30.8 Å². The number of oxime groups is 1. The number of aromatic hydroxyl groups is 2. The Morgan fingerprint density at radius 2 is 1.61 bits per heavy atom. The molecule has 0 aliphatic carbocycles. The molecule has 0 bridgehead atoms. The van der Waals surface area contributed by atoms with Crippen LogP contribution in [0.1, 0.15) is 47.1 Å². The van der Waals surface area contributed by atoms with Gasteiger partial charge in [0.15, 0.2) is 28.4 Å². The van der Waals surface area contributed by atoms with Gasteiger partial charge in [0, 0.05) is 10.9 Å². The number of likely N-dealkylation sites (tertiary alicyclic amines) is 1. The monoisotopic (exact) mass is 849 g/mol. The SMILES string of the molecule is CC(C)(ON=C(C(=O)NC1CN(C(=O)NS(=O)(=O)N2CCN(NC(=O)c3ccc(O)c(O)c3)C2=O)C1=O)c1csc(N)n1)C(=O)OC(c1ccccc1)c1ccccc1. The van der Waals surface area contributed by atoms with Crippen molar-refractivity contribution in [1.29, 1.82) is 0 Å². The maximum atomic E-state index is 13.5. The van der Waals surface area contributed by atoms with E-state index in [1.165, 1.54) is 19.2 Å². The van der Waals surface area contributed by atoms with Gasteiger partial charge in [-0.1, -0.05) is 65.8 Å². The molecule has 1 aromatic heterocycles. The number of thiazole rings is 1. The Kier molecular flexibility index (Phi) is 11.7. The number of nitrogens with zero attached hydrogens (tertiary/aromatic N) is 5. The summed E-state index contributed by atoms with van der Waals surface area (Å²) in [6.45, 7) is 1.39. The average Bonchev–Trinajstić information content (AvgIpc) is 3.81. The van der Waals surface area contributed by atoms with Crippen molar-refractivity contribution < 1.29 is 57.0 Å². The normalized spacial score (nSPS) is 15.7. The van der Waals surface area contributed by atoms with Crippen LogP contribution in [0.3, 0.4) is 0 Å². The van der Waals surface area contributed by atoms with E-state index in [1.54, 1.807) is 53.3 Å². The first-order chi connectivity index (χ1) is 27.9. The van der Waals surface area contributed by atoms with Crippen molar-refractivity contribution in [2.24, 2.45) is 5.16 Å². The number of benzene rings is 3. The average molecular weight is 850 g/mol. The number of phenolic OH excluding ortho intramolecular Hbond substituents is 2. The van der Waals surface area contributed by atoms with E-state index >= 15 is 0 Å². The molecule has 2 aliphatic heterocycles. The first-order valence-corrected chi connectivity index (χ1v) is 19.7. The van der Waals surface area contributed by atoms with E-state index in [2.05, 4.69) is 20.9 Å². The topological polar surface area (TPSA) is 293 Å². The summed E-state index contributed by atoms with van der Waals surface area (Å²) in [6, 6.07) is 17.0. The smallest absolute Gasteiger partial charge is 0.353 e. The van der Waals surface area contributed by atoms with Gasteiger partial charge in [0.1, 0.15) is 11.7 Å². The standard InChI is InChI=1S/C36H35N9O12S2/c1-36(2,32(51)56-28(20-9-5-3-6-10-20)21-11-7-4-8-12-21)57-41-27(24-19-58-33(37)39-24)30(49)38-23-18-43(31(23)50)34(52)42-59(54,55)45-16-15-44(35(45)53)40-29(48)22-13-14-25(46)26(47)17-22/h3-14,17,19,23,28,46-47H,15-16,18H2,1-2H3,(H2,37,39)(H,38,49)(H,40,48)(H,42,52). The van der Waals surface area contributed by atoms with Crippen LogP contribution in [0, 0.1) is 0 Å². The molecule has 21 nitrogen and oxygen atoms in total. The molecule has 2 fully saturated rings. The number of ether oxygens (including phenoxy) is 1. The lowest BCUT2D eigenvalue weighted by Gasteiger charge is -2.36. The van der Waals surface area contributed by atoms with E-state index in [9.17, 15) is 47.4 Å². The predicted octanol–water partition coefficient (Wildman–Crippen LogP) is 1.33. The molecule has 7 amide bonds. The number of anilines is 1. The second-order valence-electron chi connectivity index (χ2n) is 13.3. The summed E-state index contributed by atoms with van der Waals surface area (Å²) >= 11 is 0.960. The van der Waals surface area contributed by atoms with Crippen molar-refractivity contribution in [2.45, 2.75) is 31.6 Å². The summed E-state index contributed by atoms with van der Waals surface area (Å²) < 4.78 is 33.7. The van der Waals surface area contributed by atoms with Gasteiger partial charge in [-0.15, -0.1) is 11.3 Å². The Labute approximate surface area is 339 Å². The molecule has 6 rings (SSSR count). The first-order valence-electron chi connectivity index (χ1n) is 17.3. The molecule has 0 spiro atoms. The number of esters is 1. The number of nitrogens with two attached hydrogens (primary N) is 1. The van der Waals surface area contributed by atoms with Crippen molar-refractivity contribution in [1.82, 2.24) is 34.7 Å². The Morgan fingerprint density at radius 1 is 0.966 bits per heavy atom. The minimum absolute atomic E-state index is 0.0520. The third-order valence-corrected chi connectivity index (χ3v) is 10.7. The molecule has 2 aliphatic rings. The third kappa shape index (κ3) is 9.15. The third-order valence-electron chi connectivity index (χ3n) is 8.70. The summed E-state index contributed by atoms with van der Waals surface area (Å²) in [5.41, 5.74) is 6.80. The van der Waals surface area contributed by atoms with E-state index in [-0.39, 0.29) is 27.2 Å². The number of hydrazine groups is 1. The van der Waals surface area contributed by atoms with Crippen LogP contribution < -0.4 is 21.2 Å². The highest BCUT2D eigenvalue weighted by Crippen LogP contribution is 2.29. The first kappa shape index (κ1) is 41.4. The highest BCUT2D eigenvalue weighted by atomic mass is 32.2. The number of amides is 7. The van der Waals surface area contributed by atoms with Crippen LogP contribution in [0.4, 0.5) is 14.7 Å². The van der Waals surface area contributed by atoms with Gasteiger partial charge in [-0.25, -0.2) is 33.4 Å². The molecule has 23 heteroatoms. The number of nitrogens with one attached hydrogen (secondary N) is 3. The van der Waals surface area contributed by atoms with Crippen LogP contribution in [0.25, 0.3) is 0 Å². The molecular weight excluding hydrogens is 815 g/mol. The van der Waals surface area contributed by atoms with Crippen LogP contribution in [-0.4, -0.2) is 111 Å². The van der Waals surface area contributed by atoms with Crippen molar-refractivity contribution in [3.05, 3.63) is 107 Å². The molecule has 3 heterocycles. The minimum atomic E-state index is -4.91. The lowest BCUT2D eigenvalue weighted by molar-refractivity contribution is -0.172. The number of phenols is 2. The van der Waals surface area contributed by atoms with Gasteiger partial charge in [0.25, 0.3) is 17.7 Å². The summed E-state index contributed by atoms with van der Waals surface area (Å²) in [6.07, 6.45) is -0.815. The number of aromatic nitrogens is 1. The van der Waals surface area contributed by atoms with Gasteiger partial charge in [-0.2, -0.15) is 8.42 Å². The largest absolute Gasteiger partial charge is 0.504 e. The second-order valence-corrected chi connectivity index (χ2v) is 15.7. The van der Waals surface area contributed by atoms with Crippen molar-refractivity contribution >= 4 is 68.1 Å². The Balaban J connectivity index is 1.07. The zero-order valence-electron chi connectivity index (χ0n) is 31.0. The number of rotatable bonds is 13. The zero-order valence-corrected chi connectivity index (χ0v) is 32.6. The number of carbonyl (C=O) groups excluding carboxylic acids is 6. The van der Waals surface area contributed by atoms with Crippen molar-refractivity contribution in [2.75, 3.05) is 25.4 Å². The number of imide groups is 1. The Hall–Kier alpha value is -7.27. The fourth-order valence-corrected chi connectivity index (χ4v) is 7.11. The molecule has 59 heavy (non-hydrogen) atoms. The van der Waals surface area contributed by atoms with Crippen molar-refractivity contribution in [3.8, 4) is 11.5 Å². The Bertz CT molecular complexity index is 2410. The number of carbonyl (C=O) groups is 6. The van der Waals surface area contributed by atoms with Crippen LogP contribution in [0.2, 0.25) is 0 Å². The molecule has 2 saturated heterocycles. The van der Waals surface area contributed by atoms with Crippen LogP contribution >= 0.6 is 11.3 Å². The van der Waals surface area contributed by atoms with Crippen LogP contribution in [0.15, 0.2) is 89.4 Å². The maximum absolute atomic E-state index is 13.5. The fourth-order valence-electron chi connectivity index (χ4n) is 5.49. The van der Waals surface area contributed by atoms with Gasteiger partial charge in [-0.3, -0.25) is 24.7 Å². The highest BCUT2D eigenvalue weighted by Gasteiger charge is 2.46. The Morgan fingerprint density at radius 3 is 2.19 bits per heavy atom. The summed E-state index contributed by atoms with van der Waals surface area (Å²) in [4.78, 5) is 88.3. The second kappa shape index (κ2) is 16.7. The number of hydrogen-bond donors (Lipinski definition) is 6. The molecule has 308 valence electrons. The number of urea groups is 2. The molecule has 1 unspecified atom stereocenters.